The van der Waals surface area contributed by atoms with E-state index in [1.165, 1.54) is 26.5 Å². The van der Waals surface area contributed by atoms with Gasteiger partial charge in [0.05, 0.1) is 12.3 Å². The van der Waals surface area contributed by atoms with Crippen LogP contribution in [0.1, 0.15) is 13.8 Å². The Bertz CT molecular complexity index is 105. The molecule has 0 saturated carbocycles. The molecule has 0 saturated heterocycles. The number of nitrogens with one attached hydrogen (secondary N) is 1. The third kappa shape index (κ3) is 45.2. The summed E-state index contributed by atoms with van der Waals surface area (Å²) in [6.45, 7) is 2.56. The number of carbonyl (C=O) groups excluding carboxylic acids is 3. The maximum absolute atomic E-state index is 9.67. The first-order chi connectivity index (χ1) is 4.18. The van der Waals surface area contributed by atoms with Gasteiger partial charge in [-0.25, -0.2) is 0 Å². The smallest absolute Gasteiger partial charge is 0.542 e. The third-order valence-electron chi connectivity index (χ3n) is 0.227. The largest absolute Gasteiger partial charge is 2.00 e. The Morgan fingerprint density at radius 1 is 1.40 bits per heavy atom. The number of imide groups is 1. The van der Waals surface area contributed by atoms with Crippen molar-refractivity contribution in [3.05, 3.63) is 0 Å². The predicted molar refractivity (Wildman–Crippen MR) is 30.9 cm³/mol. The first-order valence-corrected chi connectivity index (χ1v) is 2.11. The Kier molecular flexibility index (Phi) is 26.2. The normalized spacial score (nSPS) is 5.40. The molecule has 0 aliphatic heterocycles. The van der Waals surface area contributed by atoms with E-state index in [1.54, 1.807) is 5.32 Å². The molecule has 2 amide bonds. The molecule has 0 bridgehead atoms. The predicted octanol–water partition coefficient (Wildman–Crippen LogP) is -0.694. The Morgan fingerprint density at radius 2 is 1.70 bits per heavy atom. The van der Waals surface area contributed by atoms with E-state index < -0.39 is 0 Å². The van der Waals surface area contributed by atoms with Crippen molar-refractivity contribution >= 4 is 18.6 Å². The van der Waals surface area contributed by atoms with Crippen LogP contribution in [0.5, 0.6) is 0 Å². The topological polar surface area (TPSA) is 63.2 Å². The second-order valence-electron chi connectivity index (χ2n) is 0.987. The third-order valence-corrected chi connectivity index (χ3v) is 0.227. The van der Waals surface area contributed by atoms with Crippen LogP contribution in [0.2, 0.25) is 0 Å². The van der Waals surface area contributed by atoms with E-state index in [0.717, 1.165) is 0 Å². The van der Waals surface area contributed by atoms with Gasteiger partial charge in [0.1, 0.15) is 0 Å². The number of hydrogen-bond acceptors (Lipinski definition) is 3. The number of rotatable bonds is 1. The monoisotopic (exact) mass is 367 g/mol. The van der Waals surface area contributed by atoms with Gasteiger partial charge in [0.25, 0.3) is 0 Å². The van der Waals surface area contributed by atoms with E-state index in [2.05, 4.69) is 0 Å². The molecule has 10 heavy (non-hydrogen) atoms. The number of amides is 2. The van der Waals surface area contributed by atoms with Crippen molar-refractivity contribution in [2.45, 2.75) is 13.8 Å². The van der Waals surface area contributed by atoms with Gasteiger partial charge in [0, 0.05) is 0 Å². The van der Waals surface area contributed by atoms with Gasteiger partial charge in [-0.1, -0.05) is 6.92 Å². The standard InChI is InChI=1S/C3H4NO2.C2H3O.U/c1-3(6)4-2-5;1-2-3;/h1H3,(H,4,5,6);1H3;/q2*-1;+2. The van der Waals surface area contributed by atoms with Gasteiger partial charge in [-0.3, -0.25) is 6.29 Å². The van der Waals surface area contributed by atoms with Crippen LogP contribution in [0.4, 0.5) is 0 Å². The molecule has 0 heterocycles. The molecule has 0 radical (unpaired) electrons. The van der Waals surface area contributed by atoms with Crippen LogP contribution in [-0.4, -0.2) is 18.6 Å². The fraction of sp³-hybridized carbons (Fsp3) is 0.400. The Hall–Kier alpha value is -0.138. The van der Waals surface area contributed by atoms with Crippen LogP contribution >= 0.6 is 0 Å². The summed E-state index contributed by atoms with van der Waals surface area (Å²) in [4.78, 5) is 27.5. The average molecular weight is 367 g/mol. The van der Waals surface area contributed by atoms with Gasteiger partial charge >= 0.3 is 31.1 Å². The van der Waals surface area contributed by atoms with Crippen molar-refractivity contribution in [3.8, 4) is 0 Å². The Labute approximate surface area is 83.1 Å². The SMILES string of the molecule is CC(=O)N[C-]=O.C[C-]=O.[U+2]. The van der Waals surface area contributed by atoms with E-state index in [4.69, 9.17) is 9.59 Å². The summed E-state index contributed by atoms with van der Waals surface area (Å²) in [6.07, 6.45) is 2.72. The minimum absolute atomic E-state index is 0. The minimum Gasteiger partial charge on any atom is -0.542 e. The number of carbonyl (C=O) groups is 1. The van der Waals surface area contributed by atoms with Crippen LogP contribution in [0, 0.1) is 31.1 Å². The second kappa shape index (κ2) is 15.9. The summed E-state index contributed by atoms with van der Waals surface area (Å²) >= 11 is 0. The molecular weight excluding hydrogens is 360 g/mol. The fourth-order valence-corrected chi connectivity index (χ4v) is 0.0719. The molecular formula is C5H7NO3U. The first-order valence-electron chi connectivity index (χ1n) is 2.11. The molecule has 0 unspecified atom stereocenters. The molecule has 0 atom stereocenters. The maximum Gasteiger partial charge on any atom is 2.00 e. The van der Waals surface area contributed by atoms with Crippen LogP contribution in [0.3, 0.4) is 0 Å². The Morgan fingerprint density at radius 3 is 1.70 bits per heavy atom. The Balaban J connectivity index is -0.000000107. The van der Waals surface area contributed by atoms with Gasteiger partial charge in [-0.05, 0) is 0 Å². The quantitative estimate of drug-likeness (QED) is 0.493. The molecule has 0 aliphatic carbocycles. The van der Waals surface area contributed by atoms with Gasteiger partial charge < -0.3 is 19.7 Å². The van der Waals surface area contributed by atoms with Gasteiger partial charge in [-0.15, -0.1) is 0 Å². The van der Waals surface area contributed by atoms with Crippen LogP contribution in [0.25, 0.3) is 0 Å². The molecule has 4 nitrogen and oxygen atoms in total. The van der Waals surface area contributed by atoms with Crippen LogP contribution < -0.4 is 5.32 Å². The van der Waals surface area contributed by atoms with Gasteiger partial charge in [0.2, 0.25) is 0 Å². The van der Waals surface area contributed by atoms with Crippen molar-refractivity contribution in [2.24, 2.45) is 0 Å². The zero-order valence-electron chi connectivity index (χ0n) is 5.72. The minimum atomic E-state index is -0.384. The summed E-state index contributed by atoms with van der Waals surface area (Å²) < 4.78 is 0. The van der Waals surface area contributed by atoms with Crippen molar-refractivity contribution in [2.75, 3.05) is 0 Å². The molecule has 0 aromatic carbocycles. The summed E-state index contributed by atoms with van der Waals surface area (Å²) in [6, 6.07) is 0. The zero-order valence-corrected chi connectivity index (χ0v) is 9.89. The van der Waals surface area contributed by atoms with Crippen molar-refractivity contribution in [1.82, 2.24) is 5.32 Å². The van der Waals surface area contributed by atoms with Crippen molar-refractivity contribution in [3.63, 3.8) is 0 Å². The molecule has 0 spiro atoms. The molecule has 1 N–H and O–H groups in total. The van der Waals surface area contributed by atoms with Gasteiger partial charge in [-0.2, -0.15) is 6.92 Å². The molecule has 0 aromatic heterocycles. The summed E-state index contributed by atoms with van der Waals surface area (Å²) in [7, 11) is 0. The van der Waals surface area contributed by atoms with Gasteiger partial charge in [0.15, 0.2) is 0 Å². The zero-order chi connectivity index (χ0) is 7.70. The first kappa shape index (κ1) is 16.4. The summed E-state index contributed by atoms with van der Waals surface area (Å²) in [5.74, 6) is -0.384. The van der Waals surface area contributed by atoms with E-state index >= 15 is 0 Å². The molecule has 54 valence electrons. The molecule has 5 heteroatoms. The van der Waals surface area contributed by atoms with E-state index in [9.17, 15) is 4.79 Å². The van der Waals surface area contributed by atoms with Crippen LogP contribution in [0.15, 0.2) is 0 Å². The maximum atomic E-state index is 9.67. The summed E-state index contributed by atoms with van der Waals surface area (Å²) in [5, 5.41) is 1.76. The van der Waals surface area contributed by atoms with E-state index in [0.29, 0.717) is 0 Å². The second-order valence-corrected chi connectivity index (χ2v) is 0.987. The van der Waals surface area contributed by atoms with Crippen LogP contribution in [-0.2, 0) is 14.4 Å². The molecule has 0 aliphatic rings. The molecule has 0 rings (SSSR count). The van der Waals surface area contributed by atoms with Crippen molar-refractivity contribution in [1.29, 1.82) is 0 Å². The van der Waals surface area contributed by atoms with E-state index in [-0.39, 0.29) is 37.0 Å². The fourth-order valence-electron chi connectivity index (χ4n) is 0.0719. The van der Waals surface area contributed by atoms with E-state index in [1.807, 2.05) is 0 Å². The molecule has 0 fully saturated rings. The van der Waals surface area contributed by atoms with Crippen molar-refractivity contribution < 1.29 is 45.5 Å². The number of hydrogen-bond donors (Lipinski definition) is 1. The summed E-state index contributed by atoms with van der Waals surface area (Å²) in [5.41, 5.74) is 0. The molecule has 0 aromatic rings. The average Bonchev–Trinajstić information content (AvgIpc) is 1.67.